The minimum Gasteiger partial charge on any atom is -0.394 e. The second-order valence-corrected chi connectivity index (χ2v) is 4.41. The van der Waals surface area contributed by atoms with Crippen molar-refractivity contribution >= 4 is 15.9 Å². The smallest absolute Gasteiger partial charge is 0.0650 e. The lowest BCUT2D eigenvalue weighted by Crippen LogP contribution is -2.37. The van der Waals surface area contributed by atoms with E-state index in [0.29, 0.717) is 0 Å². The Hall–Kier alpha value is -0.380. The van der Waals surface area contributed by atoms with E-state index in [4.69, 9.17) is 10.8 Å². The van der Waals surface area contributed by atoms with Crippen molar-refractivity contribution in [2.75, 3.05) is 6.61 Å². The first kappa shape index (κ1) is 10.7. The number of rotatable bonds is 2. The zero-order valence-electron chi connectivity index (χ0n) is 7.84. The molecule has 0 aliphatic heterocycles. The van der Waals surface area contributed by atoms with Gasteiger partial charge in [-0.05, 0) is 31.0 Å². The van der Waals surface area contributed by atoms with Gasteiger partial charge in [-0.3, -0.25) is 0 Å². The van der Waals surface area contributed by atoms with Crippen LogP contribution in [0.5, 0.6) is 0 Å². The van der Waals surface area contributed by atoms with Crippen LogP contribution in [0.3, 0.4) is 0 Å². The van der Waals surface area contributed by atoms with E-state index < -0.39 is 5.54 Å². The average molecular weight is 244 g/mol. The molecule has 0 aromatic heterocycles. The molecular weight excluding hydrogens is 230 g/mol. The number of hydrogen-bond acceptors (Lipinski definition) is 2. The lowest BCUT2D eigenvalue weighted by Gasteiger charge is -2.23. The van der Waals surface area contributed by atoms with Gasteiger partial charge < -0.3 is 10.8 Å². The number of nitrogens with two attached hydrogens (primary N) is 1. The zero-order valence-corrected chi connectivity index (χ0v) is 9.43. The monoisotopic (exact) mass is 243 g/mol. The maximum Gasteiger partial charge on any atom is 0.0650 e. The maximum absolute atomic E-state index is 9.10. The molecule has 0 radical (unpaired) electrons. The SMILES string of the molecule is Cc1ccc([C@](C)(N)CO)c(Br)c1. The Morgan fingerprint density at radius 1 is 1.54 bits per heavy atom. The lowest BCUT2D eigenvalue weighted by molar-refractivity contribution is 0.209. The molecule has 1 rings (SSSR count). The van der Waals surface area contributed by atoms with E-state index in [1.54, 1.807) is 0 Å². The Morgan fingerprint density at radius 3 is 2.62 bits per heavy atom. The second-order valence-electron chi connectivity index (χ2n) is 3.56. The van der Waals surface area contributed by atoms with Crippen LogP contribution in [0.1, 0.15) is 18.1 Å². The van der Waals surface area contributed by atoms with Crippen molar-refractivity contribution < 1.29 is 5.11 Å². The third-order valence-electron chi connectivity index (χ3n) is 2.07. The molecule has 0 unspecified atom stereocenters. The largest absolute Gasteiger partial charge is 0.394 e. The molecule has 0 bridgehead atoms. The molecule has 0 fully saturated rings. The third kappa shape index (κ3) is 2.30. The standard InChI is InChI=1S/C10H14BrNO/c1-7-3-4-8(9(11)5-7)10(2,12)6-13/h3-5,13H,6,12H2,1-2H3/t10-/m1/s1. The molecule has 2 nitrogen and oxygen atoms in total. The highest BCUT2D eigenvalue weighted by atomic mass is 79.9. The Balaban J connectivity index is 3.16. The molecule has 0 amide bonds. The molecule has 0 aliphatic carbocycles. The highest BCUT2D eigenvalue weighted by Gasteiger charge is 2.22. The molecule has 72 valence electrons. The van der Waals surface area contributed by atoms with Crippen molar-refractivity contribution in [1.82, 2.24) is 0 Å². The number of aliphatic hydroxyl groups excluding tert-OH is 1. The normalized spacial score (nSPS) is 15.5. The molecule has 13 heavy (non-hydrogen) atoms. The van der Waals surface area contributed by atoms with Crippen molar-refractivity contribution in [2.45, 2.75) is 19.4 Å². The van der Waals surface area contributed by atoms with E-state index in [2.05, 4.69) is 15.9 Å². The summed E-state index contributed by atoms with van der Waals surface area (Å²) in [6.07, 6.45) is 0. The van der Waals surface area contributed by atoms with Gasteiger partial charge in [-0.15, -0.1) is 0 Å². The Bertz CT molecular complexity index is 310. The van der Waals surface area contributed by atoms with Gasteiger partial charge in [0.2, 0.25) is 0 Å². The van der Waals surface area contributed by atoms with Gasteiger partial charge in [0.15, 0.2) is 0 Å². The maximum atomic E-state index is 9.10. The predicted octanol–water partition coefficient (Wildman–Crippen LogP) is 1.92. The highest BCUT2D eigenvalue weighted by Crippen LogP contribution is 2.26. The van der Waals surface area contributed by atoms with E-state index in [0.717, 1.165) is 10.0 Å². The van der Waals surface area contributed by atoms with Gasteiger partial charge >= 0.3 is 0 Å². The Kier molecular flexibility index (Phi) is 3.11. The summed E-state index contributed by atoms with van der Waals surface area (Å²) in [5.41, 5.74) is 7.34. The summed E-state index contributed by atoms with van der Waals surface area (Å²) in [4.78, 5) is 0. The van der Waals surface area contributed by atoms with Gasteiger partial charge in [0.1, 0.15) is 0 Å². The molecular formula is C10H14BrNO. The summed E-state index contributed by atoms with van der Waals surface area (Å²) >= 11 is 3.43. The topological polar surface area (TPSA) is 46.2 Å². The molecule has 1 aromatic rings. The quantitative estimate of drug-likeness (QED) is 0.834. The lowest BCUT2D eigenvalue weighted by atomic mass is 9.93. The number of hydrogen-bond donors (Lipinski definition) is 2. The van der Waals surface area contributed by atoms with Gasteiger partial charge in [0, 0.05) is 4.47 Å². The first-order valence-electron chi connectivity index (χ1n) is 4.14. The van der Waals surface area contributed by atoms with Crippen LogP contribution in [0.2, 0.25) is 0 Å². The summed E-state index contributed by atoms with van der Waals surface area (Å²) in [5, 5.41) is 9.10. The highest BCUT2D eigenvalue weighted by molar-refractivity contribution is 9.10. The molecule has 1 atom stereocenters. The van der Waals surface area contributed by atoms with Gasteiger partial charge in [0.05, 0.1) is 12.1 Å². The summed E-state index contributed by atoms with van der Waals surface area (Å²) in [5.74, 6) is 0. The van der Waals surface area contributed by atoms with E-state index in [1.165, 1.54) is 5.56 Å². The molecule has 1 aromatic carbocycles. The van der Waals surface area contributed by atoms with Crippen LogP contribution in [0.4, 0.5) is 0 Å². The number of benzene rings is 1. The van der Waals surface area contributed by atoms with E-state index in [-0.39, 0.29) is 6.61 Å². The summed E-state index contributed by atoms with van der Waals surface area (Å²) in [6, 6.07) is 5.92. The van der Waals surface area contributed by atoms with Gasteiger partial charge in [0.25, 0.3) is 0 Å². The molecule has 0 saturated heterocycles. The van der Waals surface area contributed by atoms with Crippen molar-refractivity contribution in [3.8, 4) is 0 Å². The van der Waals surface area contributed by atoms with Crippen LogP contribution in [0, 0.1) is 6.92 Å². The average Bonchev–Trinajstić information content (AvgIpc) is 2.03. The Morgan fingerprint density at radius 2 is 2.15 bits per heavy atom. The fourth-order valence-corrected chi connectivity index (χ4v) is 2.11. The zero-order chi connectivity index (χ0) is 10.1. The van der Waals surface area contributed by atoms with E-state index in [9.17, 15) is 0 Å². The summed E-state index contributed by atoms with van der Waals surface area (Å²) in [6.45, 7) is 3.76. The van der Waals surface area contributed by atoms with E-state index >= 15 is 0 Å². The number of aliphatic hydroxyl groups is 1. The van der Waals surface area contributed by atoms with Crippen LogP contribution in [0.25, 0.3) is 0 Å². The second kappa shape index (κ2) is 3.78. The molecule has 0 saturated carbocycles. The van der Waals surface area contributed by atoms with Gasteiger partial charge in [-0.1, -0.05) is 28.1 Å². The number of aryl methyl sites for hydroxylation is 1. The summed E-state index contributed by atoms with van der Waals surface area (Å²) < 4.78 is 0.951. The molecule has 0 spiro atoms. The minimum atomic E-state index is -0.674. The van der Waals surface area contributed by atoms with Crippen LogP contribution in [-0.4, -0.2) is 11.7 Å². The van der Waals surface area contributed by atoms with Crippen molar-refractivity contribution in [2.24, 2.45) is 5.73 Å². The predicted molar refractivity (Wildman–Crippen MR) is 57.5 cm³/mol. The van der Waals surface area contributed by atoms with Gasteiger partial charge in [-0.2, -0.15) is 0 Å². The third-order valence-corrected chi connectivity index (χ3v) is 2.72. The van der Waals surface area contributed by atoms with Crippen LogP contribution in [-0.2, 0) is 5.54 Å². The molecule has 0 aliphatic rings. The first-order valence-corrected chi connectivity index (χ1v) is 4.93. The molecule has 0 heterocycles. The fraction of sp³-hybridized carbons (Fsp3) is 0.400. The van der Waals surface area contributed by atoms with Crippen molar-refractivity contribution in [1.29, 1.82) is 0 Å². The molecule has 3 heteroatoms. The molecule has 3 N–H and O–H groups in total. The first-order chi connectivity index (χ1) is 5.97. The number of halogens is 1. The van der Waals surface area contributed by atoms with Crippen LogP contribution >= 0.6 is 15.9 Å². The van der Waals surface area contributed by atoms with Crippen LogP contribution in [0.15, 0.2) is 22.7 Å². The van der Waals surface area contributed by atoms with Crippen LogP contribution < -0.4 is 5.73 Å². The fourth-order valence-electron chi connectivity index (χ4n) is 1.17. The summed E-state index contributed by atoms with van der Waals surface area (Å²) in [7, 11) is 0. The Labute approximate surface area is 86.9 Å². The van der Waals surface area contributed by atoms with Gasteiger partial charge in [-0.25, -0.2) is 0 Å². The van der Waals surface area contributed by atoms with Crippen molar-refractivity contribution in [3.05, 3.63) is 33.8 Å². The van der Waals surface area contributed by atoms with E-state index in [1.807, 2.05) is 32.0 Å². The van der Waals surface area contributed by atoms with Crippen molar-refractivity contribution in [3.63, 3.8) is 0 Å². The minimum absolute atomic E-state index is 0.0609.